The summed E-state index contributed by atoms with van der Waals surface area (Å²) in [5.41, 5.74) is -0.584. The lowest BCUT2D eigenvalue weighted by atomic mass is 10.2. The summed E-state index contributed by atoms with van der Waals surface area (Å²) in [4.78, 5) is 12.3. The van der Waals surface area contributed by atoms with Gasteiger partial charge in [-0.25, -0.2) is 12.7 Å². The third-order valence-electron chi connectivity index (χ3n) is 4.34. The summed E-state index contributed by atoms with van der Waals surface area (Å²) in [6, 6.07) is 10.4. The Bertz CT molecular complexity index is 993. The molecular weight excluding hydrogens is 409 g/mol. The number of alkyl halides is 3. The average Bonchev–Trinajstić information content (AvgIpc) is 3.00. The van der Waals surface area contributed by atoms with Gasteiger partial charge in [0.25, 0.3) is 5.91 Å². The summed E-state index contributed by atoms with van der Waals surface area (Å²) < 4.78 is 68.7. The number of benzene rings is 2. The number of hydrogen-bond acceptors (Lipinski definition) is 4. The van der Waals surface area contributed by atoms with Gasteiger partial charge in [0.05, 0.1) is 11.3 Å². The second kappa shape index (κ2) is 8.42. The number of sulfonamides is 1. The maximum absolute atomic E-state index is 12.8. The third-order valence-corrected chi connectivity index (χ3v) is 6.30. The highest BCUT2D eigenvalue weighted by Gasteiger charge is 2.30. The Kier molecular flexibility index (Phi) is 6.13. The van der Waals surface area contributed by atoms with Gasteiger partial charge in [-0.2, -0.15) is 13.2 Å². The molecule has 1 saturated heterocycles. The van der Waals surface area contributed by atoms with E-state index in [4.69, 9.17) is 4.74 Å². The first-order chi connectivity index (χ1) is 13.6. The number of ether oxygens (including phenoxy) is 1. The van der Waals surface area contributed by atoms with Crippen LogP contribution in [0, 0.1) is 0 Å². The summed E-state index contributed by atoms with van der Waals surface area (Å²) in [5.74, 6) is -0.109. The summed E-state index contributed by atoms with van der Waals surface area (Å²) in [7, 11) is -3.22. The van der Waals surface area contributed by atoms with Crippen molar-refractivity contribution in [1.82, 2.24) is 9.62 Å². The number of nitrogens with zero attached hydrogens (tertiary/aromatic N) is 1. The molecule has 2 aromatic rings. The Morgan fingerprint density at radius 1 is 1.10 bits per heavy atom. The second-order valence-electron chi connectivity index (χ2n) is 6.48. The fraction of sp³-hybridized carbons (Fsp3) is 0.316. The minimum absolute atomic E-state index is 0.00313. The van der Waals surface area contributed by atoms with Crippen LogP contribution in [0.2, 0.25) is 0 Å². The second-order valence-corrected chi connectivity index (χ2v) is 8.57. The number of nitrogens with one attached hydrogen (secondary N) is 1. The first kappa shape index (κ1) is 21.1. The number of halogens is 3. The van der Waals surface area contributed by atoms with Crippen LogP contribution in [0.3, 0.4) is 0 Å². The van der Waals surface area contributed by atoms with Crippen LogP contribution < -0.4 is 10.1 Å². The maximum atomic E-state index is 12.8. The third kappa shape index (κ3) is 5.48. The van der Waals surface area contributed by atoms with Gasteiger partial charge in [-0.15, -0.1) is 0 Å². The molecule has 0 bridgehead atoms. The lowest BCUT2D eigenvalue weighted by molar-refractivity contribution is -0.137. The number of carbonyl (C=O) groups is 1. The van der Waals surface area contributed by atoms with Crippen LogP contribution in [0.4, 0.5) is 13.2 Å². The molecule has 0 unspecified atom stereocenters. The highest BCUT2D eigenvalue weighted by Crippen LogP contribution is 2.32. The van der Waals surface area contributed by atoms with Crippen LogP contribution in [-0.2, 0) is 16.2 Å². The standard InChI is InChI=1S/C19H19F3N2O4S/c20-19(21,22)15-5-2-7-17(13-15)28-16-6-1-4-14(12-16)18(25)23-8-10-24-9-3-11-29(24,26)27/h1-2,4-7,12-13H,3,8-11H2,(H,23,25). The highest BCUT2D eigenvalue weighted by molar-refractivity contribution is 7.89. The van der Waals surface area contributed by atoms with E-state index in [1.54, 1.807) is 6.07 Å². The molecule has 2 aromatic carbocycles. The molecular formula is C19H19F3N2O4S. The van der Waals surface area contributed by atoms with E-state index in [0.29, 0.717) is 13.0 Å². The molecule has 1 aliphatic heterocycles. The predicted molar refractivity (Wildman–Crippen MR) is 100 cm³/mol. The largest absolute Gasteiger partial charge is 0.457 e. The Morgan fingerprint density at radius 3 is 2.45 bits per heavy atom. The van der Waals surface area contributed by atoms with Gasteiger partial charge in [0, 0.05) is 25.2 Å². The molecule has 156 valence electrons. The van der Waals surface area contributed by atoms with Gasteiger partial charge in [-0.3, -0.25) is 4.79 Å². The van der Waals surface area contributed by atoms with E-state index in [9.17, 15) is 26.4 Å². The van der Waals surface area contributed by atoms with Gasteiger partial charge >= 0.3 is 6.18 Å². The predicted octanol–water partition coefficient (Wildman–Crippen LogP) is 3.26. The van der Waals surface area contributed by atoms with Gasteiger partial charge in [0.15, 0.2) is 0 Å². The van der Waals surface area contributed by atoms with Crippen molar-refractivity contribution in [3.8, 4) is 11.5 Å². The first-order valence-corrected chi connectivity index (χ1v) is 10.5. The van der Waals surface area contributed by atoms with Crippen molar-refractivity contribution < 1.29 is 31.1 Å². The van der Waals surface area contributed by atoms with Gasteiger partial charge in [-0.1, -0.05) is 12.1 Å². The molecule has 0 spiro atoms. The van der Waals surface area contributed by atoms with E-state index < -0.39 is 27.7 Å². The minimum atomic E-state index is -4.48. The van der Waals surface area contributed by atoms with Crippen molar-refractivity contribution in [2.24, 2.45) is 0 Å². The molecule has 1 aliphatic rings. The van der Waals surface area contributed by atoms with Crippen molar-refractivity contribution in [2.75, 3.05) is 25.4 Å². The van der Waals surface area contributed by atoms with E-state index in [1.807, 2.05) is 0 Å². The van der Waals surface area contributed by atoms with E-state index in [2.05, 4.69) is 5.32 Å². The normalized spacial score (nSPS) is 16.5. The number of hydrogen-bond donors (Lipinski definition) is 1. The van der Waals surface area contributed by atoms with Gasteiger partial charge in [-0.05, 0) is 42.8 Å². The summed E-state index contributed by atoms with van der Waals surface area (Å²) in [6.07, 6.45) is -3.91. The fourth-order valence-corrected chi connectivity index (χ4v) is 4.44. The van der Waals surface area contributed by atoms with Gasteiger partial charge < -0.3 is 10.1 Å². The van der Waals surface area contributed by atoms with E-state index in [1.165, 1.54) is 34.6 Å². The Morgan fingerprint density at radius 2 is 1.79 bits per heavy atom. The molecule has 0 atom stereocenters. The lowest BCUT2D eigenvalue weighted by Gasteiger charge is -2.14. The average molecular weight is 428 g/mol. The van der Waals surface area contributed by atoms with Crippen LogP contribution in [-0.4, -0.2) is 44.0 Å². The molecule has 0 aliphatic carbocycles. The summed E-state index contributed by atoms with van der Waals surface area (Å²) in [5, 5.41) is 2.63. The lowest BCUT2D eigenvalue weighted by Crippen LogP contribution is -2.35. The van der Waals surface area contributed by atoms with Crippen LogP contribution >= 0.6 is 0 Å². The Hall–Kier alpha value is -2.59. The molecule has 0 aromatic heterocycles. The Labute approximate surface area is 166 Å². The van der Waals surface area contributed by atoms with Gasteiger partial charge in [0.1, 0.15) is 11.5 Å². The monoisotopic (exact) mass is 428 g/mol. The molecule has 0 saturated carbocycles. The van der Waals surface area contributed by atoms with Crippen molar-refractivity contribution in [3.63, 3.8) is 0 Å². The molecule has 1 amide bonds. The van der Waals surface area contributed by atoms with Crippen molar-refractivity contribution in [3.05, 3.63) is 59.7 Å². The molecule has 1 heterocycles. The molecule has 10 heteroatoms. The number of amides is 1. The van der Waals surface area contributed by atoms with Crippen LogP contribution in [0.5, 0.6) is 11.5 Å². The van der Waals surface area contributed by atoms with Crippen LogP contribution in [0.15, 0.2) is 48.5 Å². The zero-order valence-corrected chi connectivity index (χ0v) is 16.1. The quantitative estimate of drug-likeness (QED) is 0.766. The number of rotatable bonds is 6. The molecule has 0 radical (unpaired) electrons. The zero-order chi connectivity index (χ0) is 21.1. The smallest absolute Gasteiger partial charge is 0.416 e. The molecule has 3 rings (SSSR count). The zero-order valence-electron chi connectivity index (χ0n) is 15.3. The van der Waals surface area contributed by atoms with E-state index in [0.717, 1.165) is 12.1 Å². The molecule has 1 N–H and O–H groups in total. The van der Waals surface area contributed by atoms with Crippen molar-refractivity contribution in [1.29, 1.82) is 0 Å². The first-order valence-electron chi connectivity index (χ1n) is 8.86. The molecule has 6 nitrogen and oxygen atoms in total. The van der Waals surface area contributed by atoms with Crippen molar-refractivity contribution in [2.45, 2.75) is 12.6 Å². The van der Waals surface area contributed by atoms with Crippen LogP contribution in [0.1, 0.15) is 22.3 Å². The topological polar surface area (TPSA) is 75.7 Å². The van der Waals surface area contributed by atoms with E-state index >= 15 is 0 Å². The summed E-state index contributed by atoms with van der Waals surface area (Å²) >= 11 is 0. The maximum Gasteiger partial charge on any atom is 0.416 e. The highest BCUT2D eigenvalue weighted by atomic mass is 32.2. The summed E-state index contributed by atoms with van der Waals surface area (Å²) in [6.45, 7) is 0.782. The number of carbonyl (C=O) groups excluding carboxylic acids is 1. The Balaban J connectivity index is 1.61. The van der Waals surface area contributed by atoms with E-state index in [-0.39, 0.29) is 35.9 Å². The van der Waals surface area contributed by atoms with Crippen molar-refractivity contribution >= 4 is 15.9 Å². The molecule has 1 fully saturated rings. The minimum Gasteiger partial charge on any atom is -0.457 e. The van der Waals surface area contributed by atoms with Crippen LogP contribution in [0.25, 0.3) is 0 Å². The SMILES string of the molecule is O=C(NCCN1CCCS1(=O)=O)c1cccc(Oc2cccc(C(F)(F)F)c2)c1. The molecule has 29 heavy (non-hydrogen) atoms. The fourth-order valence-electron chi connectivity index (χ4n) is 2.91. The van der Waals surface area contributed by atoms with Gasteiger partial charge in [0.2, 0.25) is 10.0 Å².